The van der Waals surface area contributed by atoms with Gasteiger partial charge in [0.25, 0.3) is 0 Å². The second-order valence-corrected chi connectivity index (χ2v) is 9.24. The average Bonchev–Trinajstić information content (AvgIpc) is 3.48. The molecule has 160 valence electrons. The highest BCUT2D eigenvalue weighted by atomic mass is 32.1. The number of hydrogen-bond donors (Lipinski definition) is 1. The minimum Gasteiger partial charge on any atom is -0.352 e. The fraction of sp³-hybridized carbons (Fsp3) is 0.385. The predicted octanol–water partition coefficient (Wildman–Crippen LogP) is 5.71. The molecule has 5 rings (SSSR count). The summed E-state index contributed by atoms with van der Waals surface area (Å²) in [6.45, 7) is 6.75. The van der Waals surface area contributed by atoms with Crippen molar-refractivity contribution in [2.75, 3.05) is 0 Å². The number of hydrogen-bond acceptors (Lipinski definition) is 2. The molecule has 1 aliphatic heterocycles. The lowest BCUT2D eigenvalue weighted by Gasteiger charge is -2.33. The van der Waals surface area contributed by atoms with Gasteiger partial charge < -0.3 is 14.8 Å². The molecule has 2 atom stereocenters. The number of para-hydroxylation sites is 1. The van der Waals surface area contributed by atoms with Crippen LogP contribution < -0.4 is 5.32 Å². The largest absolute Gasteiger partial charge is 0.352 e. The van der Waals surface area contributed by atoms with E-state index in [0.717, 1.165) is 10.8 Å². The van der Waals surface area contributed by atoms with Crippen LogP contribution in [0.15, 0.2) is 54.7 Å². The van der Waals surface area contributed by atoms with Crippen LogP contribution in [0.25, 0.3) is 5.69 Å². The third-order valence-electron chi connectivity index (χ3n) is 7.17. The lowest BCUT2D eigenvalue weighted by atomic mass is 9.92. The first-order valence-electron chi connectivity index (χ1n) is 11.3. The molecule has 0 bridgehead atoms. The zero-order valence-corrected chi connectivity index (χ0v) is 19.3. The molecule has 0 spiro atoms. The maximum atomic E-state index is 5.93. The van der Waals surface area contributed by atoms with Crippen LogP contribution in [0.5, 0.6) is 0 Å². The fourth-order valence-corrected chi connectivity index (χ4v) is 6.05. The van der Waals surface area contributed by atoms with Crippen molar-refractivity contribution in [2.24, 2.45) is 0 Å². The second kappa shape index (κ2) is 8.12. The summed E-state index contributed by atoms with van der Waals surface area (Å²) in [4.78, 5) is 7.23. The minimum absolute atomic E-state index is 0.0534. The highest BCUT2D eigenvalue weighted by molar-refractivity contribution is 7.80. The second-order valence-electron chi connectivity index (χ2n) is 8.85. The van der Waals surface area contributed by atoms with E-state index in [-0.39, 0.29) is 12.1 Å². The van der Waals surface area contributed by atoms with Gasteiger partial charge in [-0.2, -0.15) is 0 Å². The van der Waals surface area contributed by atoms with E-state index in [4.69, 9.17) is 17.2 Å². The van der Waals surface area contributed by atoms with Gasteiger partial charge in [-0.15, -0.1) is 0 Å². The molecule has 1 saturated carbocycles. The Balaban J connectivity index is 1.68. The maximum Gasteiger partial charge on any atom is 0.170 e. The summed E-state index contributed by atoms with van der Waals surface area (Å²) < 4.78 is 2.40. The molecular formula is C26H30N4S. The summed E-state index contributed by atoms with van der Waals surface area (Å²) in [7, 11) is 0. The van der Waals surface area contributed by atoms with Gasteiger partial charge >= 0.3 is 0 Å². The van der Waals surface area contributed by atoms with Crippen molar-refractivity contribution in [3.05, 3.63) is 82.9 Å². The molecule has 0 radical (unpaired) electrons. The molecule has 0 unspecified atom stereocenters. The van der Waals surface area contributed by atoms with Crippen LogP contribution in [-0.2, 0) is 0 Å². The molecule has 2 aliphatic rings. The van der Waals surface area contributed by atoms with E-state index in [1.54, 1.807) is 0 Å². The predicted molar refractivity (Wildman–Crippen MR) is 130 cm³/mol. The fourth-order valence-electron chi connectivity index (χ4n) is 5.66. The first-order valence-corrected chi connectivity index (χ1v) is 11.7. The number of aromatic nitrogens is 2. The monoisotopic (exact) mass is 430 g/mol. The third-order valence-corrected chi connectivity index (χ3v) is 7.50. The lowest BCUT2D eigenvalue weighted by Crippen LogP contribution is -2.38. The number of benzene rings is 1. The van der Waals surface area contributed by atoms with Crippen LogP contribution in [0.1, 0.15) is 66.0 Å². The topological polar surface area (TPSA) is 33.1 Å². The summed E-state index contributed by atoms with van der Waals surface area (Å²) in [5, 5.41) is 4.53. The summed E-state index contributed by atoms with van der Waals surface area (Å²) in [5.74, 6) is 0. The molecule has 1 N–H and O–H groups in total. The van der Waals surface area contributed by atoms with Gasteiger partial charge in [0.2, 0.25) is 0 Å². The van der Waals surface area contributed by atoms with Crippen LogP contribution in [-0.4, -0.2) is 25.6 Å². The standard InChI is InChI=1S/C26H30N4S/c1-17-18(2)29(20-11-5-4-6-12-20)19(3)23(17)25-24(22-15-9-10-16-27-22)28-26(31)30(25)21-13-7-8-14-21/h4-6,9-12,15-16,21,24-25H,7-8,13-14H2,1-3H3,(H,28,31)/t24-,25+/m1/s1. The zero-order valence-electron chi connectivity index (χ0n) is 18.5. The Bertz CT molecular complexity index is 1080. The number of nitrogens with zero attached hydrogens (tertiary/aromatic N) is 3. The summed E-state index contributed by atoms with van der Waals surface area (Å²) >= 11 is 5.93. The molecule has 4 nitrogen and oxygen atoms in total. The van der Waals surface area contributed by atoms with Crippen molar-refractivity contribution in [1.82, 2.24) is 19.8 Å². The molecule has 1 aliphatic carbocycles. The molecule has 5 heteroatoms. The molecule has 1 aromatic carbocycles. The Morgan fingerprint density at radius 1 is 0.935 bits per heavy atom. The Kier molecular flexibility index (Phi) is 5.30. The van der Waals surface area contributed by atoms with Gasteiger partial charge in [0, 0.05) is 34.9 Å². The van der Waals surface area contributed by atoms with E-state index < -0.39 is 0 Å². The molecule has 3 heterocycles. The number of thiocarbonyl (C=S) groups is 1. The van der Waals surface area contributed by atoms with Gasteiger partial charge in [-0.25, -0.2) is 0 Å². The van der Waals surface area contributed by atoms with E-state index >= 15 is 0 Å². The first kappa shape index (κ1) is 20.3. The molecule has 2 aromatic heterocycles. The Labute approximate surface area is 190 Å². The molecule has 1 saturated heterocycles. The van der Waals surface area contributed by atoms with Crippen molar-refractivity contribution in [3.63, 3.8) is 0 Å². The van der Waals surface area contributed by atoms with Gasteiger partial charge in [-0.3, -0.25) is 4.98 Å². The molecular weight excluding hydrogens is 400 g/mol. The van der Waals surface area contributed by atoms with Crippen molar-refractivity contribution >= 4 is 17.3 Å². The van der Waals surface area contributed by atoms with E-state index in [2.05, 4.69) is 78.0 Å². The average molecular weight is 431 g/mol. The minimum atomic E-state index is 0.0534. The van der Waals surface area contributed by atoms with Crippen molar-refractivity contribution in [1.29, 1.82) is 0 Å². The number of pyridine rings is 1. The normalized spacial score (nSPS) is 21.6. The van der Waals surface area contributed by atoms with Crippen LogP contribution in [0, 0.1) is 20.8 Å². The zero-order chi connectivity index (χ0) is 21.5. The van der Waals surface area contributed by atoms with Gasteiger partial charge in [-0.1, -0.05) is 37.1 Å². The van der Waals surface area contributed by atoms with Gasteiger partial charge in [0.1, 0.15) is 0 Å². The SMILES string of the molecule is Cc1c([C@H]2[C@@H](c3ccccn3)NC(=S)N2C2CCCC2)c(C)n(-c2ccccc2)c1C. The summed E-state index contributed by atoms with van der Waals surface area (Å²) in [5.41, 5.74) is 7.59. The molecule has 31 heavy (non-hydrogen) atoms. The van der Waals surface area contributed by atoms with Crippen molar-refractivity contribution in [3.8, 4) is 5.69 Å². The quantitative estimate of drug-likeness (QED) is 0.537. The Morgan fingerprint density at radius 3 is 2.32 bits per heavy atom. The van der Waals surface area contributed by atoms with Crippen LogP contribution >= 0.6 is 12.2 Å². The molecule has 3 aromatic rings. The Hall–Kier alpha value is -2.66. The third kappa shape index (κ3) is 3.35. The highest BCUT2D eigenvalue weighted by Gasteiger charge is 2.45. The van der Waals surface area contributed by atoms with Crippen LogP contribution in [0.2, 0.25) is 0 Å². The van der Waals surface area contributed by atoms with Gasteiger partial charge in [0.05, 0.1) is 17.8 Å². The van der Waals surface area contributed by atoms with E-state index in [0.29, 0.717) is 6.04 Å². The lowest BCUT2D eigenvalue weighted by molar-refractivity contribution is 0.244. The summed E-state index contributed by atoms with van der Waals surface area (Å²) in [6.07, 6.45) is 6.88. The van der Waals surface area contributed by atoms with Crippen molar-refractivity contribution < 1.29 is 0 Å². The smallest absolute Gasteiger partial charge is 0.170 e. The number of rotatable bonds is 4. The van der Waals surface area contributed by atoms with E-state index in [1.807, 2.05) is 12.3 Å². The van der Waals surface area contributed by atoms with Gasteiger partial charge in [-0.05, 0) is 75.7 Å². The Morgan fingerprint density at radius 2 is 1.65 bits per heavy atom. The van der Waals surface area contributed by atoms with Crippen molar-refractivity contribution in [2.45, 2.75) is 64.6 Å². The molecule has 0 amide bonds. The summed E-state index contributed by atoms with van der Waals surface area (Å²) in [6, 6.07) is 17.5. The number of nitrogens with one attached hydrogen (secondary N) is 1. The molecule has 2 fully saturated rings. The van der Waals surface area contributed by atoms with E-state index in [9.17, 15) is 0 Å². The van der Waals surface area contributed by atoms with E-state index in [1.165, 1.54) is 53.9 Å². The highest BCUT2D eigenvalue weighted by Crippen LogP contribution is 2.46. The first-order chi connectivity index (χ1) is 15.1. The van der Waals surface area contributed by atoms with Crippen LogP contribution in [0.3, 0.4) is 0 Å². The van der Waals surface area contributed by atoms with Crippen LogP contribution in [0.4, 0.5) is 0 Å². The van der Waals surface area contributed by atoms with Gasteiger partial charge in [0.15, 0.2) is 5.11 Å². The maximum absolute atomic E-state index is 5.93.